The first-order valence-corrected chi connectivity index (χ1v) is 12.0. The number of carbonyl (C=O) groups excluding carboxylic acids is 1. The van der Waals surface area contributed by atoms with E-state index in [-0.39, 0.29) is 40.4 Å². The number of ether oxygens (including phenoxy) is 2. The second-order valence-corrected chi connectivity index (χ2v) is 8.97. The van der Waals surface area contributed by atoms with Crippen molar-refractivity contribution in [3.8, 4) is 23.1 Å². The molecule has 0 fully saturated rings. The van der Waals surface area contributed by atoms with E-state index in [1.165, 1.54) is 54.4 Å². The quantitative estimate of drug-likeness (QED) is 0.260. The van der Waals surface area contributed by atoms with Gasteiger partial charge >= 0.3 is 11.9 Å². The van der Waals surface area contributed by atoms with Crippen molar-refractivity contribution in [1.29, 1.82) is 0 Å². The molecule has 5 aromatic rings. The van der Waals surface area contributed by atoms with Crippen molar-refractivity contribution in [2.75, 3.05) is 12.4 Å². The zero-order valence-corrected chi connectivity index (χ0v) is 21.7. The summed E-state index contributed by atoms with van der Waals surface area (Å²) in [6.45, 7) is 3.56. The molecule has 1 amide bonds. The SMILES string of the molecule is COc1ccnc(-n2ncc(C(=O)Nc3ccc(Oc4ccnc5[nH]c(=O)n(C(C)C)c45)c(F)c3)c2C(F)(F)F)c1. The molecule has 4 aromatic heterocycles. The molecule has 0 spiro atoms. The fourth-order valence-corrected chi connectivity index (χ4v) is 4.18. The molecule has 1 aromatic carbocycles. The number of anilines is 1. The van der Waals surface area contributed by atoms with Crippen LogP contribution in [-0.2, 0) is 6.18 Å². The average Bonchev–Trinajstić information content (AvgIpc) is 3.52. The standard InChI is InChI=1S/C26H21F4N7O4/c1-13(2)36-21-19(7-9-32-23(21)35-25(36)39)41-18-5-4-14(10-17(18)27)34-24(38)16-12-33-37(22(16)26(28,29)30)20-11-15(40-3)6-8-31-20/h4-13H,1-3H3,(H,34,38)(H,32,35,39). The summed E-state index contributed by atoms with van der Waals surface area (Å²) in [5, 5.41) is 5.96. The molecule has 0 aliphatic carbocycles. The Balaban J connectivity index is 1.43. The lowest BCUT2D eigenvalue weighted by molar-refractivity contribution is -0.143. The lowest BCUT2D eigenvalue weighted by Crippen LogP contribution is -2.21. The van der Waals surface area contributed by atoms with E-state index in [1.807, 2.05) is 0 Å². The van der Waals surface area contributed by atoms with Gasteiger partial charge in [-0.25, -0.2) is 23.8 Å². The molecule has 15 heteroatoms. The van der Waals surface area contributed by atoms with Crippen molar-refractivity contribution in [1.82, 2.24) is 29.3 Å². The maximum absolute atomic E-state index is 15.0. The first kappa shape index (κ1) is 27.4. The molecule has 0 unspecified atom stereocenters. The molecule has 41 heavy (non-hydrogen) atoms. The van der Waals surface area contributed by atoms with Gasteiger partial charge in [0.1, 0.15) is 11.3 Å². The Hall–Kier alpha value is -5.21. The van der Waals surface area contributed by atoms with Gasteiger partial charge in [0.2, 0.25) is 0 Å². The van der Waals surface area contributed by atoms with E-state index < -0.39 is 34.8 Å². The van der Waals surface area contributed by atoms with E-state index in [9.17, 15) is 22.8 Å². The molecular formula is C26H21F4N7O4. The number of benzene rings is 1. The van der Waals surface area contributed by atoms with Crippen LogP contribution < -0.4 is 20.5 Å². The molecule has 0 aliphatic rings. The number of hydrogen-bond donors (Lipinski definition) is 2. The van der Waals surface area contributed by atoms with E-state index >= 15 is 4.39 Å². The Morgan fingerprint density at radius 3 is 2.51 bits per heavy atom. The predicted octanol–water partition coefficient (Wildman–Crippen LogP) is 5.10. The minimum Gasteiger partial charge on any atom is -0.497 e. The lowest BCUT2D eigenvalue weighted by atomic mass is 10.2. The van der Waals surface area contributed by atoms with Gasteiger partial charge in [0.05, 0.1) is 18.9 Å². The van der Waals surface area contributed by atoms with Crippen LogP contribution in [0.3, 0.4) is 0 Å². The van der Waals surface area contributed by atoms with Crippen molar-refractivity contribution in [2.45, 2.75) is 26.1 Å². The van der Waals surface area contributed by atoms with Crippen molar-refractivity contribution >= 4 is 22.8 Å². The number of amides is 1. The van der Waals surface area contributed by atoms with E-state index in [4.69, 9.17) is 9.47 Å². The molecule has 5 rings (SSSR count). The Morgan fingerprint density at radius 1 is 1.07 bits per heavy atom. The molecule has 0 aliphatic heterocycles. The summed E-state index contributed by atoms with van der Waals surface area (Å²) in [4.78, 5) is 35.8. The van der Waals surface area contributed by atoms with Crippen LogP contribution in [0.1, 0.15) is 35.9 Å². The number of halogens is 4. The normalized spacial score (nSPS) is 11.7. The van der Waals surface area contributed by atoms with Gasteiger partial charge in [-0.15, -0.1) is 0 Å². The number of aromatic nitrogens is 6. The van der Waals surface area contributed by atoms with Gasteiger partial charge in [0, 0.05) is 42.3 Å². The largest absolute Gasteiger partial charge is 0.497 e. The van der Waals surface area contributed by atoms with Crippen LogP contribution in [-0.4, -0.2) is 42.3 Å². The van der Waals surface area contributed by atoms with Crippen LogP contribution in [0, 0.1) is 5.82 Å². The van der Waals surface area contributed by atoms with Gasteiger partial charge in [-0.2, -0.15) is 18.3 Å². The fourth-order valence-electron chi connectivity index (χ4n) is 4.18. The second-order valence-electron chi connectivity index (χ2n) is 8.97. The minimum absolute atomic E-state index is 0.138. The number of nitrogens with zero attached hydrogens (tertiary/aromatic N) is 5. The summed E-state index contributed by atoms with van der Waals surface area (Å²) in [5.74, 6) is -2.20. The summed E-state index contributed by atoms with van der Waals surface area (Å²) in [7, 11) is 1.34. The monoisotopic (exact) mass is 571 g/mol. The zero-order valence-electron chi connectivity index (χ0n) is 21.7. The molecule has 4 heterocycles. The molecule has 0 radical (unpaired) electrons. The van der Waals surface area contributed by atoms with Crippen molar-refractivity contribution < 1.29 is 31.8 Å². The molecule has 2 N–H and O–H groups in total. The Morgan fingerprint density at radius 2 is 1.83 bits per heavy atom. The average molecular weight is 571 g/mol. The van der Waals surface area contributed by atoms with Gasteiger partial charge in [0.25, 0.3) is 5.91 Å². The second kappa shape index (κ2) is 10.4. The number of hydrogen-bond acceptors (Lipinski definition) is 7. The molecule has 0 saturated heterocycles. The van der Waals surface area contributed by atoms with Crippen molar-refractivity contribution in [3.63, 3.8) is 0 Å². The first-order chi connectivity index (χ1) is 19.5. The third-order valence-corrected chi connectivity index (χ3v) is 5.95. The summed E-state index contributed by atoms with van der Waals surface area (Å²) in [6, 6.07) is 7.20. The number of carbonyl (C=O) groups is 1. The number of H-pyrrole nitrogens is 1. The van der Waals surface area contributed by atoms with Crippen LogP contribution in [0.25, 0.3) is 17.0 Å². The minimum atomic E-state index is -4.98. The van der Waals surface area contributed by atoms with E-state index in [0.717, 1.165) is 12.3 Å². The first-order valence-electron chi connectivity index (χ1n) is 12.0. The van der Waals surface area contributed by atoms with E-state index in [2.05, 4.69) is 25.4 Å². The topological polar surface area (TPSA) is 129 Å². The predicted molar refractivity (Wildman–Crippen MR) is 138 cm³/mol. The van der Waals surface area contributed by atoms with E-state index in [0.29, 0.717) is 10.2 Å². The number of imidazole rings is 1. The van der Waals surface area contributed by atoms with Crippen LogP contribution >= 0.6 is 0 Å². The van der Waals surface area contributed by atoms with Gasteiger partial charge in [-0.1, -0.05) is 0 Å². The number of alkyl halides is 3. The third kappa shape index (κ3) is 5.20. The van der Waals surface area contributed by atoms with Gasteiger partial charge in [0.15, 0.2) is 34.5 Å². The summed E-state index contributed by atoms with van der Waals surface area (Å²) >= 11 is 0. The van der Waals surface area contributed by atoms with Crippen molar-refractivity contribution in [2.24, 2.45) is 0 Å². The maximum atomic E-state index is 15.0. The number of nitrogens with one attached hydrogen (secondary N) is 2. The number of rotatable bonds is 7. The van der Waals surface area contributed by atoms with Crippen LogP contribution in [0.15, 0.2) is 59.8 Å². The van der Waals surface area contributed by atoms with Crippen LogP contribution in [0.5, 0.6) is 17.2 Å². The summed E-state index contributed by atoms with van der Waals surface area (Å²) < 4.78 is 69.7. The highest BCUT2D eigenvalue weighted by Crippen LogP contribution is 2.35. The molecule has 11 nitrogen and oxygen atoms in total. The Labute approximate surface area is 228 Å². The summed E-state index contributed by atoms with van der Waals surface area (Å²) in [5.41, 5.74) is -2.16. The van der Waals surface area contributed by atoms with Crippen LogP contribution in [0.4, 0.5) is 23.2 Å². The molecule has 0 atom stereocenters. The number of aromatic amines is 1. The molecule has 0 bridgehead atoms. The molecule has 212 valence electrons. The Kier molecular flexibility index (Phi) is 6.94. The molecular weight excluding hydrogens is 550 g/mol. The Bertz CT molecular complexity index is 1820. The van der Waals surface area contributed by atoms with Gasteiger partial charge in [-0.3, -0.25) is 14.3 Å². The van der Waals surface area contributed by atoms with Crippen molar-refractivity contribution in [3.05, 3.63) is 82.5 Å². The smallest absolute Gasteiger partial charge is 0.434 e. The molecule has 0 saturated carbocycles. The highest BCUT2D eigenvalue weighted by Gasteiger charge is 2.41. The van der Waals surface area contributed by atoms with Gasteiger partial charge in [-0.05, 0) is 32.0 Å². The highest BCUT2D eigenvalue weighted by molar-refractivity contribution is 6.05. The lowest BCUT2D eigenvalue weighted by Gasteiger charge is -2.14. The maximum Gasteiger partial charge on any atom is 0.434 e. The zero-order chi connectivity index (χ0) is 29.5. The van der Waals surface area contributed by atoms with Crippen LogP contribution in [0.2, 0.25) is 0 Å². The number of pyridine rings is 2. The fraction of sp³-hybridized carbons (Fsp3) is 0.192. The summed E-state index contributed by atoms with van der Waals surface area (Å²) in [6.07, 6.45) is -1.63. The number of methoxy groups -OCH3 is 1. The third-order valence-electron chi connectivity index (χ3n) is 5.95. The highest BCUT2D eigenvalue weighted by atomic mass is 19.4. The van der Waals surface area contributed by atoms with E-state index in [1.54, 1.807) is 13.8 Å². The van der Waals surface area contributed by atoms with Gasteiger partial charge < -0.3 is 14.8 Å². The number of fused-ring (bicyclic) bond motifs is 1.